The normalized spacial score (nSPS) is 23.2. The minimum atomic E-state index is 0.230. The summed E-state index contributed by atoms with van der Waals surface area (Å²) in [5.74, 6) is 1.63. The van der Waals surface area contributed by atoms with Crippen LogP contribution in [0.1, 0.15) is 58.2 Å². The van der Waals surface area contributed by atoms with Gasteiger partial charge in [-0.1, -0.05) is 19.4 Å². The first-order valence-corrected chi connectivity index (χ1v) is 8.17. The zero-order valence-corrected chi connectivity index (χ0v) is 13.6. The summed E-state index contributed by atoms with van der Waals surface area (Å²) in [4.78, 5) is 4.64. The predicted molar refractivity (Wildman–Crippen MR) is 85.9 cm³/mol. The van der Waals surface area contributed by atoms with Gasteiger partial charge in [0.2, 0.25) is 0 Å². The molecule has 1 saturated carbocycles. The summed E-state index contributed by atoms with van der Waals surface area (Å²) in [7, 11) is 0. The van der Waals surface area contributed by atoms with Crippen molar-refractivity contribution in [3.8, 4) is 0 Å². The molecular weight excluding hydrogens is 244 g/mol. The first-order chi connectivity index (χ1) is 9.48. The molecule has 1 aromatic rings. The van der Waals surface area contributed by atoms with Gasteiger partial charge in [-0.2, -0.15) is 0 Å². The molecule has 2 nitrogen and oxygen atoms in total. The van der Waals surface area contributed by atoms with Crippen LogP contribution in [0.15, 0.2) is 18.3 Å². The standard InChI is InChI=1S/C18H30N2/c1-5-14-9-10-17(19-12-14)11-15-7-6-8-16(15)13-20-18(2,3)4/h9-10,12,15-16,20H,5-8,11,13H2,1-4H3. The largest absolute Gasteiger partial charge is 0.312 e. The number of aromatic nitrogens is 1. The number of aryl methyl sites for hydroxylation is 1. The lowest BCUT2D eigenvalue weighted by Gasteiger charge is -2.26. The Morgan fingerprint density at radius 2 is 1.95 bits per heavy atom. The van der Waals surface area contributed by atoms with Crippen molar-refractivity contribution in [1.29, 1.82) is 0 Å². The predicted octanol–water partition coefficient (Wildman–Crippen LogP) is 3.99. The van der Waals surface area contributed by atoms with E-state index in [-0.39, 0.29) is 5.54 Å². The Balaban J connectivity index is 1.90. The molecular formula is C18H30N2. The monoisotopic (exact) mass is 274 g/mol. The zero-order chi connectivity index (χ0) is 14.6. The Kier molecular flexibility index (Phi) is 5.20. The van der Waals surface area contributed by atoms with Gasteiger partial charge in [0.1, 0.15) is 0 Å². The summed E-state index contributed by atoms with van der Waals surface area (Å²) >= 11 is 0. The average Bonchev–Trinajstić information content (AvgIpc) is 2.84. The van der Waals surface area contributed by atoms with Crippen LogP contribution in [0.2, 0.25) is 0 Å². The highest BCUT2D eigenvalue weighted by molar-refractivity contribution is 5.14. The summed E-state index contributed by atoms with van der Waals surface area (Å²) in [5, 5.41) is 3.68. The van der Waals surface area contributed by atoms with Crippen molar-refractivity contribution < 1.29 is 0 Å². The smallest absolute Gasteiger partial charge is 0.0406 e. The summed E-state index contributed by atoms with van der Waals surface area (Å²) in [6.07, 6.45) is 8.41. The maximum absolute atomic E-state index is 4.64. The van der Waals surface area contributed by atoms with Crippen LogP contribution in [0.4, 0.5) is 0 Å². The molecule has 2 unspecified atom stereocenters. The van der Waals surface area contributed by atoms with E-state index in [0.29, 0.717) is 0 Å². The molecule has 0 aromatic carbocycles. The van der Waals surface area contributed by atoms with Gasteiger partial charge in [-0.25, -0.2) is 0 Å². The van der Waals surface area contributed by atoms with E-state index >= 15 is 0 Å². The van der Waals surface area contributed by atoms with Crippen molar-refractivity contribution in [1.82, 2.24) is 10.3 Å². The van der Waals surface area contributed by atoms with E-state index in [1.807, 2.05) is 6.20 Å². The van der Waals surface area contributed by atoms with Crippen LogP contribution in [0.5, 0.6) is 0 Å². The first-order valence-electron chi connectivity index (χ1n) is 8.17. The minimum absolute atomic E-state index is 0.230. The molecule has 1 aromatic heterocycles. The molecule has 0 bridgehead atoms. The van der Waals surface area contributed by atoms with Crippen molar-refractivity contribution in [3.63, 3.8) is 0 Å². The highest BCUT2D eigenvalue weighted by atomic mass is 14.9. The van der Waals surface area contributed by atoms with Crippen LogP contribution in [-0.4, -0.2) is 17.1 Å². The SMILES string of the molecule is CCc1ccc(CC2CCCC2CNC(C)(C)C)nc1. The molecule has 0 aliphatic heterocycles. The molecule has 112 valence electrons. The van der Waals surface area contributed by atoms with Gasteiger partial charge >= 0.3 is 0 Å². The number of hydrogen-bond donors (Lipinski definition) is 1. The molecule has 1 aliphatic carbocycles. The fourth-order valence-electron chi connectivity index (χ4n) is 3.14. The second-order valence-corrected chi connectivity index (χ2v) is 7.30. The molecule has 0 amide bonds. The molecule has 2 atom stereocenters. The van der Waals surface area contributed by atoms with E-state index in [1.54, 1.807) is 0 Å². The molecule has 1 heterocycles. The Morgan fingerprint density at radius 3 is 2.55 bits per heavy atom. The Bertz CT molecular complexity index is 402. The van der Waals surface area contributed by atoms with Crippen LogP contribution >= 0.6 is 0 Å². The summed E-state index contributed by atoms with van der Waals surface area (Å²) in [6.45, 7) is 10.1. The van der Waals surface area contributed by atoms with E-state index in [2.05, 4.69) is 50.1 Å². The molecule has 1 fully saturated rings. The topological polar surface area (TPSA) is 24.9 Å². The van der Waals surface area contributed by atoms with Crippen molar-refractivity contribution in [2.45, 2.75) is 65.3 Å². The number of nitrogens with zero attached hydrogens (tertiary/aromatic N) is 1. The lowest BCUT2D eigenvalue weighted by Crippen LogP contribution is -2.40. The minimum Gasteiger partial charge on any atom is -0.312 e. The third kappa shape index (κ3) is 4.59. The van der Waals surface area contributed by atoms with E-state index in [9.17, 15) is 0 Å². The molecule has 1 N–H and O–H groups in total. The number of nitrogens with one attached hydrogen (secondary N) is 1. The summed E-state index contributed by atoms with van der Waals surface area (Å²) in [6, 6.07) is 4.46. The molecule has 2 rings (SSSR count). The highest BCUT2D eigenvalue weighted by Crippen LogP contribution is 2.33. The van der Waals surface area contributed by atoms with Crippen LogP contribution in [-0.2, 0) is 12.8 Å². The second-order valence-electron chi connectivity index (χ2n) is 7.30. The highest BCUT2D eigenvalue weighted by Gasteiger charge is 2.28. The van der Waals surface area contributed by atoms with Gasteiger partial charge in [0.25, 0.3) is 0 Å². The molecule has 2 heteroatoms. The Hall–Kier alpha value is -0.890. The second kappa shape index (κ2) is 6.71. The fourth-order valence-corrected chi connectivity index (χ4v) is 3.14. The Morgan fingerprint density at radius 1 is 1.20 bits per heavy atom. The van der Waals surface area contributed by atoms with Crippen LogP contribution < -0.4 is 5.32 Å². The van der Waals surface area contributed by atoms with E-state index < -0.39 is 0 Å². The Labute approximate surface area is 124 Å². The molecule has 0 spiro atoms. The van der Waals surface area contributed by atoms with Crippen molar-refractivity contribution in [2.24, 2.45) is 11.8 Å². The average molecular weight is 274 g/mol. The van der Waals surface area contributed by atoms with Crippen molar-refractivity contribution in [2.75, 3.05) is 6.54 Å². The number of hydrogen-bond acceptors (Lipinski definition) is 2. The maximum Gasteiger partial charge on any atom is 0.0406 e. The van der Waals surface area contributed by atoms with Gasteiger partial charge in [-0.05, 0) is 76.5 Å². The van der Waals surface area contributed by atoms with E-state index in [4.69, 9.17) is 0 Å². The van der Waals surface area contributed by atoms with E-state index in [0.717, 1.165) is 31.2 Å². The quantitative estimate of drug-likeness (QED) is 0.878. The molecule has 20 heavy (non-hydrogen) atoms. The lowest BCUT2D eigenvalue weighted by molar-refractivity contribution is 0.316. The number of rotatable bonds is 5. The zero-order valence-electron chi connectivity index (χ0n) is 13.6. The van der Waals surface area contributed by atoms with Gasteiger partial charge in [-0.3, -0.25) is 4.98 Å². The van der Waals surface area contributed by atoms with Crippen LogP contribution in [0, 0.1) is 11.8 Å². The fraction of sp³-hybridized carbons (Fsp3) is 0.722. The van der Waals surface area contributed by atoms with Gasteiger partial charge in [-0.15, -0.1) is 0 Å². The van der Waals surface area contributed by atoms with E-state index in [1.165, 1.54) is 30.5 Å². The van der Waals surface area contributed by atoms with Gasteiger partial charge < -0.3 is 5.32 Å². The van der Waals surface area contributed by atoms with Gasteiger partial charge in [0.05, 0.1) is 0 Å². The van der Waals surface area contributed by atoms with Crippen LogP contribution in [0.3, 0.4) is 0 Å². The molecule has 0 radical (unpaired) electrons. The summed E-state index contributed by atoms with van der Waals surface area (Å²) < 4.78 is 0. The molecule has 0 saturated heterocycles. The van der Waals surface area contributed by atoms with Gasteiger partial charge in [0, 0.05) is 17.4 Å². The first kappa shape index (κ1) is 15.5. The van der Waals surface area contributed by atoms with Crippen LogP contribution in [0.25, 0.3) is 0 Å². The lowest BCUT2D eigenvalue weighted by atomic mass is 9.90. The maximum atomic E-state index is 4.64. The van der Waals surface area contributed by atoms with Gasteiger partial charge in [0.15, 0.2) is 0 Å². The van der Waals surface area contributed by atoms with Crippen molar-refractivity contribution in [3.05, 3.63) is 29.6 Å². The molecule has 1 aliphatic rings. The third-order valence-electron chi connectivity index (χ3n) is 4.48. The van der Waals surface area contributed by atoms with Crippen molar-refractivity contribution >= 4 is 0 Å². The third-order valence-corrected chi connectivity index (χ3v) is 4.48. The number of pyridine rings is 1. The summed E-state index contributed by atoms with van der Waals surface area (Å²) in [5.41, 5.74) is 2.84.